The fourth-order valence-electron chi connectivity index (χ4n) is 1.51. The van der Waals surface area contributed by atoms with Crippen molar-refractivity contribution in [1.82, 2.24) is 0 Å². The number of hydrogen-bond acceptors (Lipinski definition) is 2. The zero-order valence-electron chi connectivity index (χ0n) is 9.19. The van der Waals surface area contributed by atoms with Crippen LogP contribution in [0, 0.1) is 5.92 Å². The van der Waals surface area contributed by atoms with Gasteiger partial charge >= 0.3 is 0 Å². The van der Waals surface area contributed by atoms with Crippen LogP contribution in [0.25, 0.3) is 5.76 Å². The summed E-state index contributed by atoms with van der Waals surface area (Å²) in [4.78, 5) is 0. The van der Waals surface area contributed by atoms with E-state index >= 15 is 0 Å². The summed E-state index contributed by atoms with van der Waals surface area (Å²) in [5.41, 5.74) is 1.06. The first-order valence-corrected chi connectivity index (χ1v) is 5.32. The molecule has 0 radical (unpaired) electrons. The zero-order chi connectivity index (χ0) is 10.7. The SMILES string of the molecule is CC(C)COC1=CCOc2ccccc21. The first kappa shape index (κ1) is 10.1. The smallest absolute Gasteiger partial charge is 0.130 e. The molecule has 0 aliphatic carbocycles. The van der Waals surface area contributed by atoms with Crippen LogP contribution in [-0.2, 0) is 4.74 Å². The maximum Gasteiger partial charge on any atom is 0.130 e. The molecule has 0 fully saturated rings. The first-order valence-electron chi connectivity index (χ1n) is 5.32. The molecule has 80 valence electrons. The van der Waals surface area contributed by atoms with Gasteiger partial charge in [-0.3, -0.25) is 0 Å². The zero-order valence-corrected chi connectivity index (χ0v) is 9.19. The summed E-state index contributed by atoms with van der Waals surface area (Å²) >= 11 is 0. The van der Waals surface area contributed by atoms with E-state index in [1.807, 2.05) is 30.3 Å². The van der Waals surface area contributed by atoms with Gasteiger partial charge in [0, 0.05) is 0 Å². The highest BCUT2D eigenvalue weighted by atomic mass is 16.5. The summed E-state index contributed by atoms with van der Waals surface area (Å²) in [6.45, 7) is 5.64. The number of rotatable bonds is 3. The predicted octanol–water partition coefficient (Wildman–Crippen LogP) is 3.09. The molecule has 0 N–H and O–H groups in total. The molecule has 2 rings (SSSR count). The van der Waals surface area contributed by atoms with E-state index in [9.17, 15) is 0 Å². The Balaban J connectivity index is 2.15. The van der Waals surface area contributed by atoms with Gasteiger partial charge in [0.05, 0.1) is 12.2 Å². The average Bonchev–Trinajstić information content (AvgIpc) is 2.26. The number of ether oxygens (including phenoxy) is 2. The van der Waals surface area contributed by atoms with Crippen LogP contribution in [0.15, 0.2) is 30.3 Å². The van der Waals surface area contributed by atoms with Crippen molar-refractivity contribution in [1.29, 1.82) is 0 Å². The van der Waals surface area contributed by atoms with Gasteiger partial charge in [-0.1, -0.05) is 26.0 Å². The van der Waals surface area contributed by atoms with Crippen LogP contribution in [0.2, 0.25) is 0 Å². The monoisotopic (exact) mass is 204 g/mol. The molecule has 0 spiro atoms. The van der Waals surface area contributed by atoms with Crippen molar-refractivity contribution in [3.8, 4) is 5.75 Å². The lowest BCUT2D eigenvalue weighted by Crippen LogP contribution is -2.08. The Bertz CT molecular complexity index is 367. The van der Waals surface area contributed by atoms with Gasteiger partial charge < -0.3 is 9.47 Å². The summed E-state index contributed by atoms with van der Waals surface area (Å²) in [6, 6.07) is 7.98. The summed E-state index contributed by atoms with van der Waals surface area (Å²) in [5.74, 6) is 2.41. The van der Waals surface area contributed by atoms with Crippen molar-refractivity contribution >= 4 is 5.76 Å². The molecule has 0 atom stereocenters. The fraction of sp³-hybridized carbons (Fsp3) is 0.385. The van der Waals surface area contributed by atoms with Crippen LogP contribution in [0.3, 0.4) is 0 Å². The largest absolute Gasteiger partial charge is 0.493 e. The first-order chi connectivity index (χ1) is 7.27. The molecule has 1 aliphatic rings. The van der Waals surface area contributed by atoms with Gasteiger partial charge in [-0.05, 0) is 24.1 Å². The average molecular weight is 204 g/mol. The highest BCUT2D eigenvalue weighted by Gasteiger charge is 2.14. The molecule has 1 aliphatic heterocycles. The molecule has 0 aromatic heterocycles. The Morgan fingerprint density at radius 1 is 1.33 bits per heavy atom. The van der Waals surface area contributed by atoms with Crippen LogP contribution >= 0.6 is 0 Å². The molecule has 0 unspecified atom stereocenters. The van der Waals surface area contributed by atoms with E-state index in [0.29, 0.717) is 12.5 Å². The van der Waals surface area contributed by atoms with Crippen molar-refractivity contribution in [2.75, 3.05) is 13.2 Å². The van der Waals surface area contributed by atoms with E-state index in [4.69, 9.17) is 9.47 Å². The molecule has 0 saturated heterocycles. The third-order valence-corrected chi connectivity index (χ3v) is 2.23. The van der Waals surface area contributed by atoms with Crippen molar-refractivity contribution in [2.24, 2.45) is 5.92 Å². The molecule has 1 heterocycles. The molecule has 2 nitrogen and oxygen atoms in total. The topological polar surface area (TPSA) is 18.5 Å². The summed E-state index contributed by atoms with van der Waals surface area (Å²) in [5, 5.41) is 0. The van der Waals surface area contributed by atoms with Crippen LogP contribution in [0.4, 0.5) is 0 Å². The minimum Gasteiger partial charge on any atom is -0.493 e. The van der Waals surface area contributed by atoms with Crippen molar-refractivity contribution < 1.29 is 9.47 Å². The molecule has 2 heteroatoms. The standard InChI is InChI=1S/C13H16O2/c1-10(2)9-15-13-7-8-14-12-6-4-3-5-11(12)13/h3-7,10H,8-9H2,1-2H3. The van der Waals surface area contributed by atoms with Gasteiger partial charge in [0.1, 0.15) is 18.1 Å². The van der Waals surface area contributed by atoms with Gasteiger partial charge in [-0.15, -0.1) is 0 Å². The Morgan fingerprint density at radius 2 is 2.13 bits per heavy atom. The van der Waals surface area contributed by atoms with E-state index in [2.05, 4.69) is 13.8 Å². The van der Waals surface area contributed by atoms with Gasteiger partial charge in [-0.25, -0.2) is 0 Å². The van der Waals surface area contributed by atoms with E-state index in [-0.39, 0.29) is 0 Å². The molecule has 15 heavy (non-hydrogen) atoms. The Labute approximate surface area is 90.5 Å². The van der Waals surface area contributed by atoms with Crippen LogP contribution in [0.1, 0.15) is 19.4 Å². The normalized spacial score (nSPS) is 14.2. The molecule has 1 aromatic rings. The van der Waals surface area contributed by atoms with Crippen molar-refractivity contribution in [3.05, 3.63) is 35.9 Å². The van der Waals surface area contributed by atoms with Crippen molar-refractivity contribution in [3.63, 3.8) is 0 Å². The Kier molecular flexibility index (Phi) is 2.95. The fourth-order valence-corrected chi connectivity index (χ4v) is 1.51. The number of fused-ring (bicyclic) bond motifs is 1. The van der Waals surface area contributed by atoms with Gasteiger partial charge in [0.15, 0.2) is 0 Å². The Hall–Kier alpha value is -1.44. The van der Waals surface area contributed by atoms with Gasteiger partial charge in [0.2, 0.25) is 0 Å². The lowest BCUT2D eigenvalue weighted by molar-refractivity contribution is 0.227. The van der Waals surface area contributed by atoms with Gasteiger partial charge in [-0.2, -0.15) is 0 Å². The van der Waals surface area contributed by atoms with E-state index in [1.54, 1.807) is 0 Å². The third kappa shape index (κ3) is 2.32. The lowest BCUT2D eigenvalue weighted by atomic mass is 10.1. The lowest BCUT2D eigenvalue weighted by Gasteiger charge is -2.19. The number of para-hydroxylation sites is 1. The molecule has 0 amide bonds. The minimum atomic E-state index is 0.543. The highest BCUT2D eigenvalue weighted by Crippen LogP contribution is 2.30. The van der Waals surface area contributed by atoms with E-state index in [0.717, 1.165) is 23.7 Å². The molecular weight excluding hydrogens is 188 g/mol. The van der Waals surface area contributed by atoms with E-state index < -0.39 is 0 Å². The summed E-state index contributed by atoms with van der Waals surface area (Å²) in [6.07, 6.45) is 1.99. The molecular formula is C13H16O2. The highest BCUT2D eigenvalue weighted by molar-refractivity contribution is 5.67. The maximum absolute atomic E-state index is 5.75. The third-order valence-electron chi connectivity index (χ3n) is 2.23. The second-order valence-corrected chi connectivity index (χ2v) is 4.08. The second-order valence-electron chi connectivity index (χ2n) is 4.08. The van der Waals surface area contributed by atoms with Crippen LogP contribution in [-0.4, -0.2) is 13.2 Å². The molecule has 0 saturated carbocycles. The number of hydrogen-bond donors (Lipinski definition) is 0. The number of benzene rings is 1. The Morgan fingerprint density at radius 3 is 2.93 bits per heavy atom. The van der Waals surface area contributed by atoms with Crippen LogP contribution in [0.5, 0.6) is 5.75 Å². The quantitative estimate of drug-likeness (QED) is 0.753. The van der Waals surface area contributed by atoms with Crippen LogP contribution < -0.4 is 4.74 Å². The summed E-state index contributed by atoms with van der Waals surface area (Å²) in [7, 11) is 0. The van der Waals surface area contributed by atoms with Gasteiger partial charge in [0.25, 0.3) is 0 Å². The molecule has 0 bridgehead atoms. The molecule has 1 aromatic carbocycles. The van der Waals surface area contributed by atoms with E-state index in [1.165, 1.54) is 0 Å². The van der Waals surface area contributed by atoms with Crippen molar-refractivity contribution in [2.45, 2.75) is 13.8 Å². The maximum atomic E-state index is 5.75. The second kappa shape index (κ2) is 4.39. The minimum absolute atomic E-state index is 0.543. The predicted molar refractivity (Wildman–Crippen MR) is 60.7 cm³/mol. The summed E-state index contributed by atoms with van der Waals surface area (Å²) < 4.78 is 11.3.